The van der Waals surface area contributed by atoms with Gasteiger partial charge in [0.15, 0.2) is 0 Å². The second-order valence-corrected chi connectivity index (χ2v) is 4.60. The number of rotatable bonds is 4. The third-order valence-electron chi connectivity index (χ3n) is 2.54. The Labute approximate surface area is 87.6 Å². The number of hydrogen-bond acceptors (Lipinski definition) is 0. The predicted molar refractivity (Wildman–Crippen MR) is 62.1 cm³/mol. The summed E-state index contributed by atoms with van der Waals surface area (Å²) in [4.78, 5) is 0. The highest BCUT2D eigenvalue weighted by Crippen LogP contribution is 2.09. The van der Waals surface area contributed by atoms with Gasteiger partial charge in [0.2, 0.25) is 0 Å². The first kappa shape index (κ1) is 11.3. The predicted octanol–water partition coefficient (Wildman–Crippen LogP) is 2.18. The molecule has 1 aliphatic rings. The molecule has 1 heterocycles. The van der Waals surface area contributed by atoms with E-state index in [4.69, 9.17) is 0 Å². The lowest BCUT2D eigenvalue weighted by atomic mass is 9.97. The fraction of sp³-hybridized carbons (Fsp3) is 0.538. The van der Waals surface area contributed by atoms with Gasteiger partial charge in [-0.25, -0.2) is 0 Å². The highest BCUT2D eigenvalue weighted by atomic mass is 14.9. The molecule has 0 aliphatic carbocycles. The topological polar surface area (TPSA) is 16.6 Å². The largest absolute Gasteiger partial charge is 0.337 e. The van der Waals surface area contributed by atoms with Crippen molar-refractivity contribution in [3.05, 3.63) is 36.5 Å². The van der Waals surface area contributed by atoms with Gasteiger partial charge in [0.1, 0.15) is 6.04 Å². The van der Waals surface area contributed by atoms with Crippen LogP contribution in [0.4, 0.5) is 0 Å². The van der Waals surface area contributed by atoms with E-state index in [-0.39, 0.29) is 0 Å². The highest BCUT2D eigenvalue weighted by Gasteiger charge is 2.20. The van der Waals surface area contributed by atoms with Crippen LogP contribution in [0.25, 0.3) is 0 Å². The second-order valence-electron chi connectivity index (χ2n) is 4.60. The minimum atomic E-state index is 0.602. The summed E-state index contributed by atoms with van der Waals surface area (Å²) in [5.74, 6) is 0. The first-order chi connectivity index (χ1) is 6.58. The average molecular weight is 192 g/mol. The molecule has 2 N–H and O–H groups in total. The van der Waals surface area contributed by atoms with E-state index in [1.165, 1.54) is 17.6 Å². The summed E-state index contributed by atoms with van der Waals surface area (Å²) in [7, 11) is 0. The number of quaternary nitrogens is 1. The van der Waals surface area contributed by atoms with E-state index in [0.717, 1.165) is 12.8 Å². The lowest BCUT2D eigenvalue weighted by molar-refractivity contribution is -0.713. The van der Waals surface area contributed by atoms with E-state index in [1.54, 1.807) is 0 Å². The maximum Gasteiger partial charge on any atom is 0.108 e. The van der Waals surface area contributed by atoms with Crippen LogP contribution in [0, 0.1) is 0 Å². The van der Waals surface area contributed by atoms with Gasteiger partial charge in [-0.15, -0.1) is 0 Å². The van der Waals surface area contributed by atoms with Crippen LogP contribution in [-0.2, 0) is 0 Å². The van der Waals surface area contributed by atoms with Crippen LogP contribution in [0.5, 0.6) is 0 Å². The van der Waals surface area contributed by atoms with Gasteiger partial charge in [-0.1, -0.05) is 30.4 Å². The Kier molecular flexibility index (Phi) is 4.15. The summed E-state index contributed by atoms with van der Waals surface area (Å²) >= 11 is 0. The summed E-state index contributed by atoms with van der Waals surface area (Å²) in [5, 5.41) is 2.46. The van der Waals surface area contributed by atoms with E-state index in [0.29, 0.717) is 12.1 Å². The summed E-state index contributed by atoms with van der Waals surface area (Å²) in [6.07, 6.45) is 8.03. The van der Waals surface area contributed by atoms with Crippen molar-refractivity contribution >= 4 is 0 Å². The third kappa shape index (κ3) is 3.93. The Hall–Kier alpha value is -0.820. The van der Waals surface area contributed by atoms with Gasteiger partial charge in [0.05, 0.1) is 6.04 Å². The third-order valence-corrected chi connectivity index (χ3v) is 2.54. The molecule has 0 fully saturated rings. The minimum Gasteiger partial charge on any atom is -0.337 e. The first-order valence-electron chi connectivity index (χ1n) is 5.38. The van der Waals surface area contributed by atoms with E-state index >= 15 is 0 Å². The van der Waals surface area contributed by atoms with Crippen LogP contribution in [0.3, 0.4) is 0 Å². The van der Waals surface area contributed by atoms with E-state index < -0.39 is 0 Å². The molecule has 0 aromatic carbocycles. The van der Waals surface area contributed by atoms with Crippen LogP contribution in [0.2, 0.25) is 0 Å². The smallest absolute Gasteiger partial charge is 0.108 e. The zero-order valence-electron chi connectivity index (χ0n) is 9.42. The Morgan fingerprint density at radius 3 is 2.50 bits per heavy atom. The van der Waals surface area contributed by atoms with Crippen molar-refractivity contribution < 1.29 is 5.32 Å². The molecule has 1 rings (SSSR count). The molecule has 0 amide bonds. The molecular formula is C13H22N+. The minimum absolute atomic E-state index is 0.602. The van der Waals surface area contributed by atoms with Crippen molar-refractivity contribution in [1.29, 1.82) is 0 Å². The Bertz CT molecular complexity index is 250. The Morgan fingerprint density at radius 1 is 1.29 bits per heavy atom. The van der Waals surface area contributed by atoms with Gasteiger partial charge in [-0.2, -0.15) is 0 Å². The molecule has 0 unspecified atom stereocenters. The van der Waals surface area contributed by atoms with Crippen LogP contribution in [0.1, 0.15) is 33.1 Å². The van der Waals surface area contributed by atoms with E-state index in [9.17, 15) is 0 Å². The van der Waals surface area contributed by atoms with Gasteiger partial charge < -0.3 is 5.32 Å². The van der Waals surface area contributed by atoms with Crippen LogP contribution in [0.15, 0.2) is 36.5 Å². The lowest BCUT2D eigenvalue weighted by Gasteiger charge is -2.23. The molecule has 0 aromatic heterocycles. The van der Waals surface area contributed by atoms with Gasteiger partial charge in [-0.3, -0.25) is 0 Å². The molecule has 1 aliphatic heterocycles. The second kappa shape index (κ2) is 5.16. The Balaban J connectivity index is 2.43. The Morgan fingerprint density at radius 2 is 1.93 bits per heavy atom. The molecule has 0 saturated heterocycles. The summed E-state index contributed by atoms with van der Waals surface area (Å²) in [6.45, 7) is 12.1. The SMILES string of the molecule is C=C(C)C[C@H]1CC=C[C@@H](CC(=C)C)[NH2+]1. The fourth-order valence-electron chi connectivity index (χ4n) is 2.06. The summed E-state index contributed by atoms with van der Waals surface area (Å²) in [6, 6.07) is 1.30. The zero-order chi connectivity index (χ0) is 10.6. The molecular weight excluding hydrogens is 170 g/mol. The molecule has 0 saturated carbocycles. The van der Waals surface area contributed by atoms with Crippen molar-refractivity contribution in [2.45, 2.75) is 45.2 Å². The molecule has 0 bridgehead atoms. The summed E-state index contributed by atoms with van der Waals surface area (Å²) in [5.41, 5.74) is 2.56. The quantitative estimate of drug-likeness (QED) is 0.658. The molecule has 0 aromatic rings. The van der Waals surface area contributed by atoms with E-state index in [2.05, 4.69) is 44.5 Å². The standard InChI is InChI=1S/C13H21N/c1-10(2)8-12-6-5-7-13(14-12)9-11(3)4/h5-6,12-14H,1,3,7-9H2,2,4H3/p+1/t12-,13+/m0/s1. The molecule has 0 spiro atoms. The zero-order valence-corrected chi connectivity index (χ0v) is 9.42. The highest BCUT2D eigenvalue weighted by molar-refractivity contribution is 5.02. The van der Waals surface area contributed by atoms with Crippen molar-refractivity contribution in [3.8, 4) is 0 Å². The maximum atomic E-state index is 3.97. The molecule has 1 nitrogen and oxygen atoms in total. The molecule has 14 heavy (non-hydrogen) atoms. The van der Waals surface area contributed by atoms with Crippen LogP contribution in [-0.4, -0.2) is 12.1 Å². The van der Waals surface area contributed by atoms with Gasteiger partial charge in [0, 0.05) is 19.3 Å². The molecule has 0 radical (unpaired) electrons. The molecule has 2 atom stereocenters. The average Bonchev–Trinajstić information content (AvgIpc) is 2.01. The molecule has 78 valence electrons. The van der Waals surface area contributed by atoms with Gasteiger partial charge in [0.25, 0.3) is 0 Å². The van der Waals surface area contributed by atoms with Crippen LogP contribution >= 0.6 is 0 Å². The summed E-state index contributed by atoms with van der Waals surface area (Å²) < 4.78 is 0. The van der Waals surface area contributed by atoms with Gasteiger partial charge in [-0.05, 0) is 19.9 Å². The van der Waals surface area contributed by atoms with Crippen LogP contribution < -0.4 is 5.32 Å². The fourth-order valence-corrected chi connectivity index (χ4v) is 2.06. The van der Waals surface area contributed by atoms with Crippen molar-refractivity contribution in [2.75, 3.05) is 0 Å². The molecule has 1 heteroatoms. The van der Waals surface area contributed by atoms with E-state index in [1.807, 2.05) is 0 Å². The van der Waals surface area contributed by atoms with Crippen molar-refractivity contribution in [2.24, 2.45) is 0 Å². The monoisotopic (exact) mass is 192 g/mol. The van der Waals surface area contributed by atoms with Crippen molar-refractivity contribution in [3.63, 3.8) is 0 Å². The first-order valence-corrected chi connectivity index (χ1v) is 5.38. The van der Waals surface area contributed by atoms with Gasteiger partial charge >= 0.3 is 0 Å². The number of hydrogen-bond donors (Lipinski definition) is 1. The van der Waals surface area contributed by atoms with Crippen molar-refractivity contribution in [1.82, 2.24) is 0 Å². The lowest BCUT2D eigenvalue weighted by Crippen LogP contribution is -2.95. The number of nitrogens with two attached hydrogens (primary N) is 1. The normalized spacial score (nSPS) is 26.1. The maximum absolute atomic E-state index is 3.97.